The average molecular weight is 300 g/mol. The van der Waals surface area contributed by atoms with Gasteiger partial charge in [0.2, 0.25) is 0 Å². The Morgan fingerprint density at radius 1 is 1.23 bits per heavy atom. The topological polar surface area (TPSA) is 77.4 Å². The molecule has 1 aromatic carbocycles. The van der Waals surface area contributed by atoms with Crippen LogP contribution in [0.15, 0.2) is 41.3 Å². The van der Waals surface area contributed by atoms with E-state index in [2.05, 4.69) is 5.32 Å². The highest BCUT2D eigenvalue weighted by molar-refractivity contribution is 6.05. The molecule has 0 aliphatic heterocycles. The highest BCUT2D eigenvalue weighted by atomic mass is 16.5. The molecular weight excluding hydrogens is 284 g/mol. The van der Waals surface area contributed by atoms with E-state index >= 15 is 0 Å². The van der Waals surface area contributed by atoms with E-state index in [-0.39, 0.29) is 11.1 Å². The minimum Gasteiger partial charge on any atom is -0.465 e. The molecule has 2 aromatic rings. The molecular formula is C16H16N2O4. The second-order valence-corrected chi connectivity index (χ2v) is 4.79. The van der Waals surface area contributed by atoms with Crippen molar-refractivity contribution in [1.29, 1.82) is 0 Å². The number of hydrogen-bond acceptors (Lipinski definition) is 4. The first-order chi connectivity index (χ1) is 10.4. The Bertz CT molecular complexity index is 793. The van der Waals surface area contributed by atoms with Crippen LogP contribution in [0, 0.1) is 6.92 Å². The Morgan fingerprint density at radius 3 is 2.59 bits per heavy atom. The van der Waals surface area contributed by atoms with Gasteiger partial charge in [-0.1, -0.05) is 6.07 Å². The Labute approximate surface area is 127 Å². The first-order valence-electron chi connectivity index (χ1n) is 6.60. The number of nitrogens with zero attached hydrogens (tertiary/aromatic N) is 1. The van der Waals surface area contributed by atoms with Gasteiger partial charge in [0.25, 0.3) is 11.5 Å². The molecule has 1 amide bonds. The van der Waals surface area contributed by atoms with Gasteiger partial charge >= 0.3 is 5.97 Å². The van der Waals surface area contributed by atoms with Crippen LogP contribution in [0.25, 0.3) is 0 Å². The number of aromatic nitrogens is 1. The van der Waals surface area contributed by atoms with Crippen LogP contribution in [0.2, 0.25) is 0 Å². The van der Waals surface area contributed by atoms with E-state index in [4.69, 9.17) is 4.74 Å². The van der Waals surface area contributed by atoms with Crippen LogP contribution in [0.1, 0.15) is 26.3 Å². The molecule has 0 atom stereocenters. The second-order valence-electron chi connectivity index (χ2n) is 4.79. The van der Waals surface area contributed by atoms with Crippen molar-refractivity contribution in [2.75, 3.05) is 12.4 Å². The zero-order valence-corrected chi connectivity index (χ0v) is 12.5. The lowest BCUT2D eigenvalue weighted by atomic mass is 10.1. The van der Waals surface area contributed by atoms with Gasteiger partial charge in [-0.15, -0.1) is 0 Å². The number of ether oxygens (including phenoxy) is 1. The number of methoxy groups -OCH3 is 1. The summed E-state index contributed by atoms with van der Waals surface area (Å²) in [6, 6.07) is 7.76. The van der Waals surface area contributed by atoms with Crippen molar-refractivity contribution in [1.82, 2.24) is 4.57 Å². The lowest BCUT2D eigenvalue weighted by Crippen LogP contribution is -2.20. The van der Waals surface area contributed by atoms with E-state index in [1.807, 2.05) is 0 Å². The third-order valence-corrected chi connectivity index (χ3v) is 3.35. The van der Waals surface area contributed by atoms with Gasteiger partial charge in [0, 0.05) is 30.6 Å². The molecule has 0 fully saturated rings. The molecule has 6 heteroatoms. The molecule has 0 saturated heterocycles. The Morgan fingerprint density at radius 2 is 1.95 bits per heavy atom. The summed E-state index contributed by atoms with van der Waals surface area (Å²) in [5.74, 6) is -0.884. The number of esters is 1. The molecule has 0 saturated carbocycles. The molecule has 0 radical (unpaired) electrons. The molecule has 2 rings (SSSR count). The lowest BCUT2D eigenvalue weighted by Gasteiger charge is -2.11. The number of aryl methyl sites for hydroxylation is 1. The number of rotatable bonds is 3. The van der Waals surface area contributed by atoms with Crippen molar-refractivity contribution >= 4 is 17.6 Å². The summed E-state index contributed by atoms with van der Waals surface area (Å²) in [4.78, 5) is 35.4. The van der Waals surface area contributed by atoms with Crippen LogP contribution in [0.4, 0.5) is 5.69 Å². The lowest BCUT2D eigenvalue weighted by molar-refractivity contribution is 0.0599. The maximum absolute atomic E-state index is 12.2. The summed E-state index contributed by atoms with van der Waals surface area (Å²) in [5.41, 5.74) is 1.46. The van der Waals surface area contributed by atoms with Gasteiger partial charge in [-0.2, -0.15) is 0 Å². The minimum atomic E-state index is -0.470. The van der Waals surface area contributed by atoms with Gasteiger partial charge in [0.15, 0.2) is 0 Å². The number of carbonyl (C=O) groups excluding carboxylic acids is 2. The normalized spacial score (nSPS) is 10.1. The van der Waals surface area contributed by atoms with Crippen LogP contribution < -0.4 is 10.9 Å². The molecule has 1 heterocycles. The zero-order valence-electron chi connectivity index (χ0n) is 12.5. The first-order valence-corrected chi connectivity index (χ1v) is 6.60. The summed E-state index contributed by atoms with van der Waals surface area (Å²) in [5, 5.41) is 2.70. The maximum Gasteiger partial charge on any atom is 0.338 e. The van der Waals surface area contributed by atoms with Gasteiger partial charge in [-0.25, -0.2) is 4.79 Å². The third-order valence-electron chi connectivity index (χ3n) is 3.35. The summed E-state index contributed by atoms with van der Waals surface area (Å²) in [6.45, 7) is 1.71. The third kappa shape index (κ3) is 3.06. The van der Waals surface area contributed by atoms with Crippen molar-refractivity contribution in [3.8, 4) is 0 Å². The van der Waals surface area contributed by atoms with Crippen LogP contribution in [-0.4, -0.2) is 23.6 Å². The summed E-state index contributed by atoms with van der Waals surface area (Å²) < 4.78 is 6.07. The number of nitrogens with one attached hydrogen (secondary N) is 1. The minimum absolute atomic E-state index is 0.256. The van der Waals surface area contributed by atoms with Gasteiger partial charge in [0.05, 0.1) is 12.7 Å². The predicted molar refractivity (Wildman–Crippen MR) is 82.2 cm³/mol. The van der Waals surface area contributed by atoms with E-state index in [0.29, 0.717) is 16.8 Å². The molecule has 1 N–H and O–H groups in total. The van der Waals surface area contributed by atoms with Crippen molar-refractivity contribution in [3.05, 3.63) is 63.6 Å². The fraction of sp³-hybridized carbons (Fsp3) is 0.188. The number of carbonyl (C=O) groups is 2. The van der Waals surface area contributed by atoms with E-state index < -0.39 is 11.9 Å². The molecule has 0 spiro atoms. The Balaban J connectivity index is 2.30. The highest BCUT2D eigenvalue weighted by Crippen LogP contribution is 2.20. The number of benzene rings is 1. The van der Waals surface area contributed by atoms with Crippen molar-refractivity contribution in [2.45, 2.75) is 6.92 Å². The quantitative estimate of drug-likeness (QED) is 0.876. The SMILES string of the molecule is COC(=O)c1cccc(NC(=O)c2ccn(C)c(=O)c2)c1C. The number of hydrogen-bond donors (Lipinski definition) is 1. The van der Waals surface area contributed by atoms with Crippen LogP contribution in [-0.2, 0) is 11.8 Å². The standard InChI is InChI=1S/C16H16N2O4/c1-10-12(16(21)22-3)5-4-6-13(10)17-15(20)11-7-8-18(2)14(19)9-11/h4-9H,1-3H3,(H,17,20). The average Bonchev–Trinajstić information content (AvgIpc) is 2.51. The molecule has 22 heavy (non-hydrogen) atoms. The number of anilines is 1. The van der Waals surface area contributed by atoms with Crippen LogP contribution >= 0.6 is 0 Å². The van der Waals surface area contributed by atoms with E-state index in [1.54, 1.807) is 38.2 Å². The molecule has 0 bridgehead atoms. The van der Waals surface area contributed by atoms with Crippen molar-refractivity contribution in [3.63, 3.8) is 0 Å². The largest absolute Gasteiger partial charge is 0.465 e. The van der Waals surface area contributed by atoms with Crippen LogP contribution in [0.5, 0.6) is 0 Å². The molecule has 0 aliphatic carbocycles. The molecule has 1 aromatic heterocycles. The monoisotopic (exact) mass is 300 g/mol. The van der Waals surface area contributed by atoms with E-state index in [9.17, 15) is 14.4 Å². The summed E-state index contributed by atoms with van der Waals surface area (Å²) >= 11 is 0. The summed E-state index contributed by atoms with van der Waals surface area (Å²) in [6.07, 6.45) is 1.52. The van der Waals surface area contributed by atoms with Gasteiger partial charge < -0.3 is 14.6 Å². The molecule has 114 valence electrons. The maximum atomic E-state index is 12.2. The Hall–Kier alpha value is -2.89. The van der Waals surface area contributed by atoms with Crippen molar-refractivity contribution < 1.29 is 14.3 Å². The highest BCUT2D eigenvalue weighted by Gasteiger charge is 2.14. The van der Waals surface area contributed by atoms with Gasteiger partial charge in [-0.3, -0.25) is 9.59 Å². The zero-order chi connectivity index (χ0) is 16.3. The predicted octanol–water partition coefficient (Wildman–Crippen LogP) is 1.73. The smallest absolute Gasteiger partial charge is 0.338 e. The number of amides is 1. The first kappa shape index (κ1) is 15.5. The van der Waals surface area contributed by atoms with E-state index in [0.717, 1.165) is 0 Å². The van der Waals surface area contributed by atoms with Crippen LogP contribution in [0.3, 0.4) is 0 Å². The fourth-order valence-corrected chi connectivity index (χ4v) is 1.99. The van der Waals surface area contributed by atoms with E-state index in [1.165, 1.54) is 23.9 Å². The Kier molecular flexibility index (Phi) is 4.41. The second kappa shape index (κ2) is 6.26. The fourth-order valence-electron chi connectivity index (χ4n) is 1.99. The molecule has 0 aliphatic rings. The molecule has 6 nitrogen and oxygen atoms in total. The van der Waals surface area contributed by atoms with Gasteiger partial charge in [-0.05, 0) is 30.7 Å². The van der Waals surface area contributed by atoms with Gasteiger partial charge in [0.1, 0.15) is 0 Å². The number of pyridine rings is 1. The van der Waals surface area contributed by atoms with Crippen molar-refractivity contribution in [2.24, 2.45) is 7.05 Å². The summed E-state index contributed by atoms with van der Waals surface area (Å²) in [7, 11) is 2.90. The molecule has 0 unspecified atom stereocenters.